The summed E-state index contributed by atoms with van der Waals surface area (Å²) in [4.78, 5) is 6.15. The molecule has 2 aromatic heterocycles. The lowest BCUT2D eigenvalue weighted by Crippen LogP contribution is -3.00. The topological polar surface area (TPSA) is 32.1 Å². The second-order valence-electron chi connectivity index (χ2n) is 7.61. The highest BCUT2D eigenvalue weighted by atomic mass is 35.5. The van der Waals surface area contributed by atoms with Crippen LogP contribution in [-0.2, 0) is 6.54 Å². The van der Waals surface area contributed by atoms with Crippen LogP contribution in [0, 0.1) is 0 Å². The van der Waals surface area contributed by atoms with Crippen molar-refractivity contribution in [2.45, 2.75) is 25.8 Å². The SMILES string of the molecule is COc1ccc2[nH]c3ccc4cc[n+](CCN5CCCCC5)cc4c3c2c1.[Cl-]. The zero-order valence-electron chi connectivity index (χ0n) is 16.2. The summed E-state index contributed by atoms with van der Waals surface area (Å²) in [6.07, 6.45) is 8.61. The predicted molar refractivity (Wildman–Crippen MR) is 110 cm³/mol. The molecule has 1 N–H and O–H groups in total. The van der Waals surface area contributed by atoms with Crippen molar-refractivity contribution in [3.8, 4) is 5.75 Å². The Morgan fingerprint density at radius 1 is 1.00 bits per heavy atom. The number of rotatable bonds is 4. The zero-order valence-corrected chi connectivity index (χ0v) is 17.0. The number of methoxy groups -OCH3 is 1. The minimum atomic E-state index is 0. The molecule has 0 amide bonds. The third kappa shape index (κ3) is 3.43. The molecule has 1 aliphatic rings. The quantitative estimate of drug-likeness (QED) is 0.528. The van der Waals surface area contributed by atoms with Crippen LogP contribution in [0.3, 0.4) is 0 Å². The minimum Gasteiger partial charge on any atom is -1.00 e. The molecule has 146 valence electrons. The van der Waals surface area contributed by atoms with Crippen molar-refractivity contribution < 1.29 is 21.7 Å². The van der Waals surface area contributed by atoms with Crippen LogP contribution in [0.1, 0.15) is 19.3 Å². The second-order valence-corrected chi connectivity index (χ2v) is 7.61. The lowest BCUT2D eigenvalue weighted by molar-refractivity contribution is -0.695. The number of pyridine rings is 1. The normalized spacial score (nSPS) is 15.2. The van der Waals surface area contributed by atoms with E-state index in [1.54, 1.807) is 7.11 Å². The summed E-state index contributed by atoms with van der Waals surface area (Å²) in [7, 11) is 1.72. The highest BCUT2D eigenvalue weighted by molar-refractivity contribution is 6.19. The number of likely N-dealkylation sites (tertiary alicyclic amines) is 1. The predicted octanol–water partition coefficient (Wildman–Crippen LogP) is 1.26. The molecule has 0 saturated carbocycles. The first-order chi connectivity index (χ1) is 13.3. The molecular formula is C23H26ClN3O. The fourth-order valence-electron chi connectivity index (χ4n) is 4.39. The number of aromatic nitrogens is 2. The van der Waals surface area contributed by atoms with Gasteiger partial charge in [-0.25, -0.2) is 4.57 Å². The molecule has 0 aliphatic carbocycles. The Kier molecular flexibility index (Phi) is 5.42. The van der Waals surface area contributed by atoms with E-state index in [-0.39, 0.29) is 12.4 Å². The highest BCUT2D eigenvalue weighted by Gasteiger charge is 2.15. The smallest absolute Gasteiger partial charge is 0.177 e. The number of H-pyrrole nitrogens is 1. The van der Waals surface area contributed by atoms with Gasteiger partial charge in [0.15, 0.2) is 18.9 Å². The van der Waals surface area contributed by atoms with E-state index in [0.29, 0.717) is 0 Å². The van der Waals surface area contributed by atoms with E-state index in [1.807, 2.05) is 6.07 Å². The maximum absolute atomic E-state index is 5.46. The minimum absolute atomic E-state index is 0. The molecule has 0 radical (unpaired) electrons. The molecule has 0 unspecified atom stereocenters. The average Bonchev–Trinajstić information content (AvgIpc) is 3.11. The van der Waals surface area contributed by atoms with E-state index in [2.05, 4.69) is 57.2 Å². The Morgan fingerprint density at radius 3 is 2.64 bits per heavy atom. The second kappa shape index (κ2) is 7.98. The summed E-state index contributed by atoms with van der Waals surface area (Å²) in [5, 5.41) is 5.09. The van der Waals surface area contributed by atoms with Gasteiger partial charge in [-0.3, -0.25) is 4.90 Å². The molecule has 1 saturated heterocycles. The van der Waals surface area contributed by atoms with E-state index in [1.165, 1.54) is 59.4 Å². The lowest BCUT2D eigenvalue weighted by atomic mass is 10.1. The summed E-state index contributed by atoms with van der Waals surface area (Å²) in [5.41, 5.74) is 2.33. The molecule has 1 fully saturated rings. The Morgan fingerprint density at radius 2 is 1.82 bits per heavy atom. The zero-order chi connectivity index (χ0) is 18.2. The van der Waals surface area contributed by atoms with E-state index in [0.717, 1.165) is 24.4 Å². The third-order valence-corrected chi connectivity index (χ3v) is 5.91. The molecule has 5 heteroatoms. The van der Waals surface area contributed by atoms with Gasteiger partial charge < -0.3 is 22.1 Å². The molecule has 4 nitrogen and oxygen atoms in total. The Hall–Kier alpha value is -2.30. The van der Waals surface area contributed by atoms with Crippen LogP contribution in [0.15, 0.2) is 48.8 Å². The maximum atomic E-state index is 5.46. The van der Waals surface area contributed by atoms with Gasteiger partial charge in [0.05, 0.1) is 19.0 Å². The number of ether oxygens (including phenoxy) is 1. The van der Waals surface area contributed by atoms with Crippen LogP contribution < -0.4 is 21.7 Å². The van der Waals surface area contributed by atoms with Crippen molar-refractivity contribution in [3.63, 3.8) is 0 Å². The average molecular weight is 396 g/mol. The standard InChI is InChI=1S/C23H25N3O.ClH/c1-27-18-6-8-21-19(15-18)23-20-16-26(14-13-25-10-3-2-4-11-25)12-9-17(20)5-7-22(23)24-21;/h5-9,12,15-16H,2-4,10-11,13-14H2,1H3;1H. The van der Waals surface area contributed by atoms with Gasteiger partial charge in [-0.05, 0) is 55.6 Å². The van der Waals surface area contributed by atoms with Gasteiger partial charge in [0.1, 0.15) is 5.75 Å². The van der Waals surface area contributed by atoms with Crippen molar-refractivity contribution >= 4 is 32.6 Å². The molecule has 0 bridgehead atoms. The van der Waals surface area contributed by atoms with Crippen LogP contribution in [0.5, 0.6) is 5.75 Å². The number of fused-ring (bicyclic) bond motifs is 5. The largest absolute Gasteiger partial charge is 1.00 e. The summed E-state index contributed by atoms with van der Waals surface area (Å²) in [6, 6.07) is 12.9. The molecule has 4 aromatic rings. The van der Waals surface area contributed by atoms with Crippen molar-refractivity contribution in [1.29, 1.82) is 0 Å². The number of benzene rings is 2. The molecule has 2 aromatic carbocycles. The van der Waals surface area contributed by atoms with Crippen LogP contribution in [-0.4, -0.2) is 36.6 Å². The Labute approximate surface area is 171 Å². The van der Waals surface area contributed by atoms with Crippen molar-refractivity contribution in [2.24, 2.45) is 0 Å². The van der Waals surface area contributed by atoms with Gasteiger partial charge in [-0.15, -0.1) is 0 Å². The molecule has 1 aliphatic heterocycles. The number of aromatic amines is 1. The molecular weight excluding hydrogens is 370 g/mol. The Bertz CT molecular complexity index is 1120. The van der Waals surface area contributed by atoms with Gasteiger partial charge in [0.25, 0.3) is 0 Å². The molecule has 5 rings (SSSR count). The fraction of sp³-hybridized carbons (Fsp3) is 0.348. The van der Waals surface area contributed by atoms with Crippen LogP contribution in [0.2, 0.25) is 0 Å². The van der Waals surface area contributed by atoms with Crippen LogP contribution in [0.25, 0.3) is 32.6 Å². The van der Waals surface area contributed by atoms with E-state index in [4.69, 9.17) is 4.74 Å². The van der Waals surface area contributed by atoms with Crippen molar-refractivity contribution in [3.05, 3.63) is 48.8 Å². The van der Waals surface area contributed by atoms with E-state index in [9.17, 15) is 0 Å². The van der Waals surface area contributed by atoms with Crippen molar-refractivity contribution in [1.82, 2.24) is 9.88 Å². The number of halogens is 1. The molecule has 28 heavy (non-hydrogen) atoms. The lowest BCUT2D eigenvalue weighted by Gasteiger charge is -2.24. The number of hydrogen-bond donors (Lipinski definition) is 1. The first-order valence-electron chi connectivity index (χ1n) is 9.95. The van der Waals surface area contributed by atoms with Gasteiger partial charge in [0, 0.05) is 27.9 Å². The first-order valence-corrected chi connectivity index (χ1v) is 9.95. The number of nitrogens with one attached hydrogen (secondary N) is 1. The summed E-state index contributed by atoms with van der Waals surface area (Å²) in [6.45, 7) is 4.67. The summed E-state index contributed by atoms with van der Waals surface area (Å²) < 4.78 is 7.80. The van der Waals surface area contributed by atoms with E-state index >= 15 is 0 Å². The maximum Gasteiger partial charge on any atom is 0.177 e. The summed E-state index contributed by atoms with van der Waals surface area (Å²) in [5.74, 6) is 0.898. The van der Waals surface area contributed by atoms with Crippen LogP contribution >= 0.6 is 0 Å². The molecule has 0 atom stereocenters. The molecule has 0 spiro atoms. The van der Waals surface area contributed by atoms with Gasteiger partial charge >= 0.3 is 0 Å². The van der Waals surface area contributed by atoms with Crippen molar-refractivity contribution in [2.75, 3.05) is 26.7 Å². The third-order valence-electron chi connectivity index (χ3n) is 5.91. The van der Waals surface area contributed by atoms with E-state index < -0.39 is 0 Å². The summed E-state index contributed by atoms with van der Waals surface area (Å²) >= 11 is 0. The van der Waals surface area contributed by atoms with Crippen LogP contribution in [0.4, 0.5) is 0 Å². The van der Waals surface area contributed by atoms with Gasteiger partial charge in [-0.2, -0.15) is 0 Å². The van der Waals surface area contributed by atoms with Gasteiger partial charge in [0.2, 0.25) is 0 Å². The number of hydrogen-bond acceptors (Lipinski definition) is 2. The molecule has 3 heterocycles. The number of nitrogens with zero attached hydrogens (tertiary/aromatic N) is 2. The highest BCUT2D eigenvalue weighted by Crippen LogP contribution is 2.33. The first kappa shape index (κ1) is 19.0. The van der Waals surface area contributed by atoms with Gasteiger partial charge in [-0.1, -0.05) is 12.5 Å². The fourth-order valence-corrected chi connectivity index (χ4v) is 4.39. The Balaban J connectivity index is 0.00000192. The number of piperidine rings is 1. The monoisotopic (exact) mass is 395 g/mol.